The van der Waals surface area contributed by atoms with Crippen molar-refractivity contribution in [2.75, 3.05) is 32.7 Å². The van der Waals surface area contributed by atoms with Gasteiger partial charge in [-0.25, -0.2) is 4.39 Å². The van der Waals surface area contributed by atoms with Crippen LogP contribution in [0.3, 0.4) is 0 Å². The van der Waals surface area contributed by atoms with Crippen molar-refractivity contribution < 1.29 is 9.18 Å². The molecule has 2 bridgehead atoms. The highest BCUT2D eigenvalue weighted by Crippen LogP contribution is 2.34. The first-order chi connectivity index (χ1) is 13.6. The number of allylic oxidation sites excluding steroid dienone is 1. The van der Waals surface area contributed by atoms with E-state index in [2.05, 4.69) is 18.1 Å². The molecule has 4 aliphatic heterocycles. The lowest BCUT2D eigenvalue weighted by atomic mass is 9.77. The summed E-state index contributed by atoms with van der Waals surface area (Å²) in [6.07, 6.45) is 8.01. The summed E-state index contributed by atoms with van der Waals surface area (Å²) in [5.74, 6) is 1.51. The average Bonchev–Trinajstić information content (AvgIpc) is 2.75. The summed E-state index contributed by atoms with van der Waals surface area (Å²) in [5.41, 5.74) is 2.41. The van der Waals surface area contributed by atoms with Crippen LogP contribution in [0.4, 0.5) is 4.39 Å². The van der Waals surface area contributed by atoms with Gasteiger partial charge in [0.1, 0.15) is 5.82 Å². The van der Waals surface area contributed by atoms with Gasteiger partial charge in [0.2, 0.25) is 5.91 Å². The van der Waals surface area contributed by atoms with Crippen molar-refractivity contribution in [1.82, 2.24) is 9.80 Å². The third-order valence-corrected chi connectivity index (χ3v) is 6.23. The Balaban J connectivity index is 0.000000271. The number of carbonyl (C=O) groups is 1. The molecule has 3 nitrogen and oxygen atoms in total. The van der Waals surface area contributed by atoms with Gasteiger partial charge < -0.3 is 9.80 Å². The van der Waals surface area contributed by atoms with Crippen molar-refractivity contribution in [3.05, 3.63) is 72.6 Å². The number of carbonyl (C=O) groups excluding carboxylic acids is 1. The topological polar surface area (TPSA) is 23.6 Å². The summed E-state index contributed by atoms with van der Waals surface area (Å²) >= 11 is 0. The zero-order valence-corrected chi connectivity index (χ0v) is 16.7. The number of hydrogen-bond acceptors (Lipinski definition) is 2. The number of benzene rings is 1. The minimum Gasteiger partial charge on any atom is -0.338 e. The first-order valence-electron chi connectivity index (χ1n) is 10.3. The second-order valence-electron chi connectivity index (χ2n) is 7.92. The molecule has 0 N–H and O–H groups in total. The Morgan fingerprint density at radius 1 is 1.07 bits per heavy atom. The summed E-state index contributed by atoms with van der Waals surface area (Å²) in [4.78, 5) is 17.2. The van der Waals surface area contributed by atoms with E-state index in [-0.39, 0.29) is 5.82 Å². The number of hydrogen-bond donors (Lipinski definition) is 0. The molecule has 4 heterocycles. The van der Waals surface area contributed by atoms with Crippen molar-refractivity contribution in [1.29, 1.82) is 0 Å². The fraction of sp³-hybridized carbons (Fsp3) is 0.458. The van der Waals surface area contributed by atoms with Crippen LogP contribution in [0.15, 0.2) is 66.8 Å². The van der Waals surface area contributed by atoms with E-state index in [0.29, 0.717) is 18.4 Å². The van der Waals surface area contributed by atoms with Gasteiger partial charge in [-0.3, -0.25) is 4.79 Å². The standard InChI is InChI=1S/C18H26N2O.C6H5F/c1-3-14-7-10-20(13-15(14)4-2)18(21)11-17-12-19-8-5-16(17)6-9-19;7-6-4-2-1-3-5-6/h3-4,16-17H,1-2,5-13H2;1-5H/t17-;/m1./s1. The molecule has 150 valence electrons. The van der Waals surface area contributed by atoms with Gasteiger partial charge in [-0.2, -0.15) is 0 Å². The zero-order valence-electron chi connectivity index (χ0n) is 16.7. The van der Waals surface area contributed by atoms with E-state index in [4.69, 9.17) is 0 Å². The van der Waals surface area contributed by atoms with Crippen LogP contribution in [0, 0.1) is 17.7 Å². The molecule has 3 saturated heterocycles. The molecule has 4 aliphatic rings. The van der Waals surface area contributed by atoms with Gasteiger partial charge >= 0.3 is 0 Å². The first kappa shape index (κ1) is 20.5. The molecule has 1 atom stereocenters. The third-order valence-electron chi connectivity index (χ3n) is 6.23. The van der Waals surface area contributed by atoms with E-state index >= 15 is 0 Å². The fourth-order valence-corrected chi connectivity index (χ4v) is 4.53. The molecule has 0 aliphatic carbocycles. The maximum Gasteiger partial charge on any atom is 0.223 e. The van der Waals surface area contributed by atoms with E-state index < -0.39 is 0 Å². The number of halogens is 1. The molecule has 1 aromatic rings. The van der Waals surface area contributed by atoms with Crippen LogP contribution in [-0.2, 0) is 4.79 Å². The Morgan fingerprint density at radius 2 is 1.75 bits per heavy atom. The summed E-state index contributed by atoms with van der Waals surface area (Å²) in [6.45, 7) is 12.9. The van der Waals surface area contributed by atoms with E-state index in [1.165, 1.54) is 49.2 Å². The second-order valence-corrected chi connectivity index (χ2v) is 7.92. The van der Waals surface area contributed by atoms with E-state index in [0.717, 1.165) is 31.8 Å². The highest BCUT2D eigenvalue weighted by Gasteiger charge is 2.36. The van der Waals surface area contributed by atoms with Gasteiger partial charge in [-0.05, 0) is 67.5 Å². The van der Waals surface area contributed by atoms with Crippen molar-refractivity contribution in [3.63, 3.8) is 0 Å². The molecule has 0 unspecified atom stereocenters. The second kappa shape index (κ2) is 9.83. The van der Waals surface area contributed by atoms with Crippen LogP contribution in [0.1, 0.15) is 25.7 Å². The first-order valence-corrected chi connectivity index (χ1v) is 10.3. The zero-order chi connectivity index (χ0) is 19.9. The van der Waals surface area contributed by atoms with Gasteiger partial charge in [0.25, 0.3) is 0 Å². The largest absolute Gasteiger partial charge is 0.338 e. The van der Waals surface area contributed by atoms with Gasteiger partial charge in [-0.15, -0.1) is 0 Å². The molecule has 0 aromatic heterocycles. The van der Waals surface area contributed by atoms with E-state index in [1.54, 1.807) is 18.2 Å². The number of nitrogens with zero attached hydrogens (tertiary/aromatic N) is 2. The number of fused-ring (bicyclic) bond motifs is 3. The predicted octanol–water partition coefficient (Wildman–Crippen LogP) is 4.44. The van der Waals surface area contributed by atoms with E-state index in [9.17, 15) is 9.18 Å². The lowest BCUT2D eigenvalue weighted by Crippen LogP contribution is -2.49. The van der Waals surface area contributed by atoms with Crippen LogP contribution in [0.5, 0.6) is 0 Å². The lowest BCUT2D eigenvalue weighted by molar-refractivity contribution is -0.133. The molecule has 4 heteroatoms. The fourth-order valence-electron chi connectivity index (χ4n) is 4.53. The molecular weight excluding hydrogens is 351 g/mol. The Morgan fingerprint density at radius 3 is 2.25 bits per heavy atom. The Bertz CT molecular complexity index is 719. The normalized spacial score (nSPS) is 26.3. The van der Waals surface area contributed by atoms with Crippen LogP contribution in [-0.4, -0.2) is 48.4 Å². The number of rotatable bonds is 4. The molecule has 0 spiro atoms. The molecule has 0 radical (unpaired) electrons. The molecule has 0 saturated carbocycles. The molecular formula is C24H31FN2O. The average molecular weight is 383 g/mol. The van der Waals surface area contributed by atoms with Crippen molar-refractivity contribution in [2.45, 2.75) is 25.7 Å². The highest BCUT2D eigenvalue weighted by atomic mass is 19.1. The maximum atomic E-state index is 12.6. The molecule has 28 heavy (non-hydrogen) atoms. The minimum atomic E-state index is -0.178. The smallest absolute Gasteiger partial charge is 0.223 e. The Hall–Kier alpha value is -2.20. The highest BCUT2D eigenvalue weighted by molar-refractivity contribution is 5.77. The molecule has 5 rings (SSSR count). The summed E-state index contributed by atoms with van der Waals surface area (Å²) in [5, 5.41) is 0. The summed E-state index contributed by atoms with van der Waals surface area (Å²) in [7, 11) is 0. The summed E-state index contributed by atoms with van der Waals surface area (Å²) in [6, 6.07) is 7.94. The minimum absolute atomic E-state index is 0.178. The quantitative estimate of drug-likeness (QED) is 0.768. The number of amides is 1. The summed E-state index contributed by atoms with van der Waals surface area (Å²) < 4.78 is 11.9. The van der Waals surface area contributed by atoms with Gasteiger partial charge in [-0.1, -0.05) is 43.5 Å². The van der Waals surface area contributed by atoms with Crippen molar-refractivity contribution in [2.24, 2.45) is 11.8 Å². The lowest BCUT2D eigenvalue weighted by Gasteiger charge is -2.45. The van der Waals surface area contributed by atoms with Crippen molar-refractivity contribution >= 4 is 5.91 Å². The third kappa shape index (κ3) is 5.20. The van der Waals surface area contributed by atoms with Crippen LogP contribution >= 0.6 is 0 Å². The van der Waals surface area contributed by atoms with Gasteiger partial charge in [0, 0.05) is 26.1 Å². The Kier molecular flexibility index (Phi) is 7.21. The van der Waals surface area contributed by atoms with Crippen LogP contribution in [0.25, 0.3) is 0 Å². The molecule has 3 fully saturated rings. The predicted molar refractivity (Wildman–Crippen MR) is 112 cm³/mol. The van der Waals surface area contributed by atoms with Crippen LogP contribution in [0.2, 0.25) is 0 Å². The number of piperidine rings is 3. The van der Waals surface area contributed by atoms with Crippen LogP contribution < -0.4 is 0 Å². The van der Waals surface area contributed by atoms with E-state index in [1.807, 2.05) is 17.1 Å². The van der Waals surface area contributed by atoms with Gasteiger partial charge in [0.15, 0.2) is 0 Å². The molecule has 1 aromatic carbocycles. The SMILES string of the molecule is C=CC1=C(C=C)CN(C(=O)C[C@@H]2CN3CCC2CC3)CC1.Fc1ccccc1. The van der Waals surface area contributed by atoms with Gasteiger partial charge in [0.05, 0.1) is 0 Å². The van der Waals surface area contributed by atoms with Crippen molar-refractivity contribution in [3.8, 4) is 0 Å². The monoisotopic (exact) mass is 382 g/mol. The molecule has 1 amide bonds. The Labute approximate surface area is 168 Å². The maximum absolute atomic E-state index is 12.6.